The normalized spacial score (nSPS) is 11.8. The summed E-state index contributed by atoms with van der Waals surface area (Å²) in [4.78, 5) is 3.80. The summed E-state index contributed by atoms with van der Waals surface area (Å²) >= 11 is 0. The van der Waals surface area contributed by atoms with Gasteiger partial charge in [-0.25, -0.2) is 0 Å². The number of hydrogen-bond donors (Lipinski definition) is 1. The molecular formula is C30H37N3. The minimum Gasteiger partial charge on any atom is -0.356 e. The Morgan fingerprint density at radius 3 is 1.73 bits per heavy atom. The first-order valence-electron chi connectivity index (χ1n) is 12.5. The van der Waals surface area contributed by atoms with Gasteiger partial charge in [0.1, 0.15) is 5.69 Å². The van der Waals surface area contributed by atoms with Crippen LogP contribution in [0.3, 0.4) is 0 Å². The molecule has 1 N–H and O–H groups in total. The van der Waals surface area contributed by atoms with Crippen molar-refractivity contribution < 1.29 is 0 Å². The monoisotopic (exact) mass is 439 g/mol. The fourth-order valence-electron chi connectivity index (χ4n) is 4.74. The van der Waals surface area contributed by atoms with Crippen LogP contribution in [0.2, 0.25) is 0 Å². The third kappa shape index (κ3) is 4.59. The van der Waals surface area contributed by atoms with E-state index in [9.17, 15) is 0 Å². The third-order valence-corrected chi connectivity index (χ3v) is 6.45. The number of benzene rings is 2. The summed E-state index contributed by atoms with van der Waals surface area (Å²) in [5, 5.41) is 10.7. The van der Waals surface area contributed by atoms with E-state index >= 15 is 0 Å². The molecule has 0 unspecified atom stereocenters. The summed E-state index contributed by atoms with van der Waals surface area (Å²) in [6.45, 7) is 13.4. The number of nitrogens with zero attached hydrogens (tertiary/aromatic N) is 2. The van der Waals surface area contributed by atoms with Gasteiger partial charge in [0.05, 0.1) is 11.2 Å². The molecule has 3 heteroatoms. The summed E-state index contributed by atoms with van der Waals surface area (Å²) in [5.41, 5.74) is 10.8. The molecule has 4 aromatic rings. The second-order valence-electron chi connectivity index (χ2n) is 9.80. The first-order valence-corrected chi connectivity index (χ1v) is 12.5. The largest absolute Gasteiger partial charge is 0.356 e. The lowest BCUT2D eigenvalue weighted by Crippen LogP contribution is -2.00. The molecule has 2 aromatic heterocycles. The summed E-state index contributed by atoms with van der Waals surface area (Å²) in [5.74, 6) is 0.650. The smallest absolute Gasteiger partial charge is 0.117 e. The van der Waals surface area contributed by atoms with E-state index in [0.29, 0.717) is 5.92 Å². The quantitative estimate of drug-likeness (QED) is 0.299. The summed E-state index contributed by atoms with van der Waals surface area (Å²) < 4.78 is 0. The summed E-state index contributed by atoms with van der Waals surface area (Å²) in [6, 6.07) is 18.0. The van der Waals surface area contributed by atoms with Crippen molar-refractivity contribution in [1.82, 2.24) is 15.2 Å². The zero-order chi connectivity index (χ0) is 23.5. The highest BCUT2D eigenvalue weighted by atomic mass is 15.1. The van der Waals surface area contributed by atoms with Crippen molar-refractivity contribution in [3.05, 3.63) is 71.0 Å². The van der Waals surface area contributed by atoms with Crippen molar-refractivity contribution in [3.8, 4) is 22.4 Å². The standard InChI is InChI=1S/C30H37N3/c1-7-9-21-11-15-23(16-12-21)25-26-28(20(5)6)32-33-29(30(26)31-27(25)19(3)4)24-17-13-22(10-8-2)14-18-24/h11-20,31H,7-10H2,1-6H3. The van der Waals surface area contributed by atoms with Crippen LogP contribution in [0.1, 0.15) is 88.7 Å². The Morgan fingerprint density at radius 1 is 0.697 bits per heavy atom. The molecule has 0 saturated carbocycles. The van der Waals surface area contributed by atoms with Crippen LogP contribution in [0.4, 0.5) is 0 Å². The van der Waals surface area contributed by atoms with Gasteiger partial charge < -0.3 is 4.98 Å². The van der Waals surface area contributed by atoms with Gasteiger partial charge in [0.2, 0.25) is 0 Å². The maximum atomic E-state index is 4.78. The molecule has 2 aromatic carbocycles. The van der Waals surface area contributed by atoms with Gasteiger partial charge in [0, 0.05) is 22.2 Å². The Balaban J connectivity index is 1.97. The SMILES string of the molecule is CCCc1ccc(-c2nnc(C(C)C)c3c(-c4ccc(CCC)cc4)c(C(C)C)[nH]c23)cc1. The second-order valence-corrected chi connectivity index (χ2v) is 9.80. The Kier molecular flexibility index (Phi) is 6.97. The van der Waals surface area contributed by atoms with Crippen LogP contribution in [0, 0.1) is 0 Å². The molecule has 0 aliphatic heterocycles. The van der Waals surface area contributed by atoms with E-state index in [4.69, 9.17) is 10.2 Å². The number of rotatable bonds is 8. The van der Waals surface area contributed by atoms with Crippen LogP contribution >= 0.6 is 0 Å². The Morgan fingerprint density at radius 2 is 1.24 bits per heavy atom. The minimum absolute atomic E-state index is 0.287. The highest BCUT2D eigenvalue weighted by Crippen LogP contribution is 2.42. The molecule has 0 aliphatic carbocycles. The van der Waals surface area contributed by atoms with Crippen molar-refractivity contribution in [2.45, 2.75) is 79.1 Å². The fraction of sp³-hybridized carbons (Fsp3) is 0.400. The first-order chi connectivity index (χ1) is 15.9. The van der Waals surface area contributed by atoms with Crippen LogP contribution in [-0.2, 0) is 12.8 Å². The molecule has 0 radical (unpaired) electrons. The number of aromatic nitrogens is 3. The lowest BCUT2D eigenvalue weighted by molar-refractivity contribution is 0.801. The van der Waals surface area contributed by atoms with E-state index in [2.05, 4.69) is 95.1 Å². The predicted octanol–water partition coefficient (Wildman–Crippen LogP) is 8.44. The Bertz CT molecular complexity index is 1210. The van der Waals surface area contributed by atoms with Crippen LogP contribution in [-0.4, -0.2) is 15.2 Å². The molecule has 2 heterocycles. The zero-order valence-corrected chi connectivity index (χ0v) is 21.0. The number of aryl methyl sites for hydroxylation is 2. The van der Waals surface area contributed by atoms with Crippen molar-refractivity contribution in [1.29, 1.82) is 0 Å². The molecule has 4 rings (SSSR count). The van der Waals surface area contributed by atoms with Crippen LogP contribution in [0.25, 0.3) is 33.3 Å². The van der Waals surface area contributed by atoms with Crippen LogP contribution < -0.4 is 0 Å². The molecule has 0 bridgehead atoms. The molecule has 3 nitrogen and oxygen atoms in total. The highest BCUT2D eigenvalue weighted by Gasteiger charge is 2.24. The number of H-pyrrole nitrogens is 1. The lowest BCUT2D eigenvalue weighted by Gasteiger charge is -2.12. The third-order valence-electron chi connectivity index (χ3n) is 6.45. The predicted molar refractivity (Wildman–Crippen MR) is 141 cm³/mol. The summed E-state index contributed by atoms with van der Waals surface area (Å²) in [6.07, 6.45) is 4.54. The molecule has 33 heavy (non-hydrogen) atoms. The van der Waals surface area contributed by atoms with Gasteiger partial charge in [-0.15, -0.1) is 5.10 Å². The average Bonchev–Trinajstić information content (AvgIpc) is 3.21. The van der Waals surface area contributed by atoms with E-state index in [1.165, 1.54) is 33.3 Å². The lowest BCUT2D eigenvalue weighted by atomic mass is 9.92. The van der Waals surface area contributed by atoms with Gasteiger partial charge in [-0.1, -0.05) is 103 Å². The molecule has 0 fully saturated rings. The van der Waals surface area contributed by atoms with Gasteiger partial charge in [-0.2, -0.15) is 5.10 Å². The van der Waals surface area contributed by atoms with Gasteiger partial charge in [-0.3, -0.25) is 0 Å². The maximum absolute atomic E-state index is 4.78. The van der Waals surface area contributed by atoms with Crippen LogP contribution in [0.5, 0.6) is 0 Å². The van der Waals surface area contributed by atoms with Crippen LogP contribution in [0.15, 0.2) is 48.5 Å². The average molecular weight is 440 g/mol. The fourth-order valence-corrected chi connectivity index (χ4v) is 4.74. The molecule has 172 valence electrons. The number of fused-ring (bicyclic) bond motifs is 1. The Labute approximate surface area is 198 Å². The van der Waals surface area contributed by atoms with Crippen molar-refractivity contribution >= 4 is 10.9 Å². The van der Waals surface area contributed by atoms with Gasteiger partial charge >= 0.3 is 0 Å². The van der Waals surface area contributed by atoms with E-state index in [1.807, 2.05) is 0 Å². The highest BCUT2D eigenvalue weighted by molar-refractivity contribution is 6.04. The topological polar surface area (TPSA) is 41.6 Å². The first kappa shape index (κ1) is 23.2. The van der Waals surface area contributed by atoms with Gasteiger partial charge in [0.25, 0.3) is 0 Å². The second kappa shape index (κ2) is 9.91. The van der Waals surface area contributed by atoms with E-state index in [-0.39, 0.29) is 5.92 Å². The molecule has 0 aliphatic rings. The van der Waals surface area contributed by atoms with Gasteiger partial charge in [-0.05, 0) is 41.4 Å². The van der Waals surface area contributed by atoms with E-state index < -0.39 is 0 Å². The molecule has 0 amide bonds. The van der Waals surface area contributed by atoms with Crippen molar-refractivity contribution in [3.63, 3.8) is 0 Å². The van der Waals surface area contributed by atoms with Crippen molar-refractivity contribution in [2.24, 2.45) is 0 Å². The van der Waals surface area contributed by atoms with Crippen molar-refractivity contribution in [2.75, 3.05) is 0 Å². The number of aromatic amines is 1. The van der Waals surface area contributed by atoms with E-state index in [0.717, 1.165) is 48.2 Å². The van der Waals surface area contributed by atoms with E-state index in [1.54, 1.807) is 0 Å². The van der Waals surface area contributed by atoms with Gasteiger partial charge in [0.15, 0.2) is 0 Å². The molecular weight excluding hydrogens is 402 g/mol. The Hall–Kier alpha value is -2.94. The molecule has 0 atom stereocenters. The number of nitrogens with one attached hydrogen (secondary N) is 1. The minimum atomic E-state index is 0.287. The summed E-state index contributed by atoms with van der Waals surface area (Å²) in [7, 11) is 0. The maximum Gasteiger partial charge on any atom is 0.117 e. The molecule has 0 saturated heterocycles. The molecule has 0 spiro atoms. The zero-order valence-electron chi connectivity index (χ0n) is 21.0. The number of hydrogen-bond acceptors (Lipinski definition) is 2.